The molecule has 0 aliphatic rings. The van der Waals surface area contributed by atoms with Gasteiger partial charge >= 0.3 is 17.9 Å². The third kappa shape index (κ3) is 26.7. The lowest BCUT2D eigenvalue weighted by Gasteiger charge is -2.30. The number of aliphatic hydroxyl groups is 2. The van der Waals surface area contributed by atoms with Gasteiger partial charge in [-0.15, -0.1) is 0 Å². The zero-order valence-corrected chi connectivity index (χ0v) is 46.1. The van der Waals surface area contributed by atoms with Crippen molar-refractivity contribution in [1.82, 2.24) is 47.9 Å². The fourth-order valence-electron chi connectivity index (χ4n) is 7.69. The molecule has 0 bridgehead atoms. The van der Waals surface area contributed by atoms with E-state index in [1.807, 2.05) is 13.8 Å². The Morgan fingerprint density at radius 1 is 0.512 bits per heavy atom. The molecule has 10 amide bonds. The number of primary amides is 1. The van der Waals surface area contributed by atoms with E-state index in [2.05, 4.69) is 47.9 Å². The van der Waals surface area contributed by atoms with Gasteiger partial charge < -0.3 is 84.9 Å². The molecule has 0 fully saturated rings. The number of nitrogens with one attached hydrogen (secondary N) is 9. The highest BCUT2D eigenvalue weighted by molar-refractivity contribution is 5.98. The molecule has 1 rings (SSSR count). The Kier molecular flexibility index (Phi) is 31.3. The second kappa shape index (κ2) is 35.7. The number of benzene rings is 1. The SMILES string of the molecule is CC[C@H](C)[C@H](NC(=O)[C@@H](N)CC(C)C)C(=O)N[C@H](C(=O)N[C@@H](CC(C)C)C(=O)N[C@@H](CCC(=O)O)C(=O)N[C@@H](CO)C(=O)NCC(=O)N[C@@H](CCC(=O)O)C(=O)N[C@@H](Cc1ccccc1)C(=O)N[C@@H](CCC(N)=O)C(=O)O)[C@@H](C)O. The van der Waals surface area contributed by atoms with Crippen molar-refractivity contribution in [3.8, 4) is 0 Å². The third-order valence-electron chi connectivity index (χ3n) is 12.3. The zero-order valence-electron chi connectivity index (χ0n) is 46.1. The van der Waals surface area contributed by atoms with Crippen molar-refractivity contribution in [3.05, 3.63) is 35.9 Å². The Bertz CT molecular complexity index is 2300. The molecule has 1 aromatic rings. The molecule has 0 unspecified atom stereocenters. The van der Waals surface area contributed by atoms with Crippen LogP contribution in [0.5, 0.6) is 0 Å². The Morgan fingerprint density at radius 2 is 0.963 bits per heavy atom. The van der Waals surface area contributed by atoms with E-state index in [-0.39, 0.29) is 24.7 Å². The molecule has 0 aliphatic carbocycles. The summed E-state index contributed by atoms with van der Waals surface area (Å²) in [6.07, 6.45) is -4.58. The quantitative estimate of drug-likeness (QED) is 0.0301. The lowest BCUT2D eigenvalue weighted by Crippen LogP contribution is -2.62. The van der Waals surface area contributed by atoms with Gasteiger partial charge in [0, 0.05) is 25.7 Å². The van der Waals surface area contributed by atoms with Gasteiger partial charge in [-0.3, -0.25) is 57.5 Å². The Labute approximate surface area is 463 Å². The monoisotopic (exact) mass is 1140 g/mol. The van der Waals surface area contributed by atoms with Gasteiger partial charge in [0.1, 0.15) is 48.3 Å². The number of carboxylic acid groups (broad SMARTS) is 3. The number of hydrogen-bond donors (Lipinski definition) is 16. The topological polar surface area (TPSA) is 483 Å². The summed E-state index contributed by atoms with van der Waals surface area (Å²) in [5.74, 6) is -15.2. The third-order valence-corrected chi connectivity index (χ3v) is 12.3. The van der Waals surface area contributed by atoms with Crippen molar-refractivity contribution < 1.29 is 87.9 Å². The van der Waals surface area contributed by atoms with E-state index in [0.717, 1.165) is 0 Å². The van der Waals surface area contributed by atoms with Crippen LogP contribution in [0.2, 0.25) is 0 Å². The van der Waals surface area contributed by atoms with E-state index < -0.39 is 195 Å². The molecule has 0 aromatic heterocycles. The van der Waals surface area contributed by atoms with Gasteiger partial charge in [0.2, 0.25) is 59.1 Å². The minimum Gasteiger partial charge on any atom is -0.481 e. The number of carboxylic acids is 3. The van der Waals surface area contributed by atoms with Gasteiger partial charge in [-0.25, -0.2) is 4.79 Å². The van der Waals surface area contributed by atoms with Gasteiger partial charge in [-0.05, 0) is 62.3 Å². The van der Waals surface area contributed by atoms with E-state index in [1.165, 1.54) is 6.92 Å². The smallest absolute Gasteiger partial charge is 0.326 e. The first-order valence-electron chi connectivity index (χ1n) is 26.1. The van der Waals surface area contributed by atoms with Gasteiger partial charge in [0.25, 0.3) is 0 Å². The highest BCUT2D eigenvalue weighted by Crippen LogP contribution is 2.13. The van der Waals surface area contributed by atoms with Crippen LogP contribution >= 0.6 is 0 Å². The van der Waals surface area contributed by atoms with Crippen LogP contribution in [0.15, 0.2) is 30.3 Å². The molecule has 11 atom stereocenters. The predicted octanol–water partition coefficient (Wildman–Crippen LogP) is -3.86. The van der Waals surface area contributed by atoms with Crippen molar-refractivity contribution in [3.63, 3.8) is 0 Å². The van der Waals surface area contributed by atoms with Gasteiger partial charge in [-0.2, -0.15) is 0 Å². The van der Waals surface area contributed by atoms with Crippen LogP contribution in [-0.4, -0.2) is 176 Å². The standard InChI is InChI=1S/C51H81N11O18/c1-8-27(6)41(61-43(71)30(52)20-25(2)3)49(77)62-42(28(7)64)50(78)59-34(21-26(4)5)47(75)56-32(16-19-40(69)70)46(74)60-36(24-63)44(72)54-23-38(66)55-31(15-18-39(67)68)45(73)58-35(22-29-12-10-9-11-13-29)48(76)57-33(51(79)80)14-17-37(53)65/h9-13,25-28,30-36,41-42,63-64H,8,14-24,52H2,1-7H3,(H2,53,65)(H,54,72)(H,55,66)(H,56,75)(H,57,76)(H,58,73)(H,59,78)(H,60,74)(H,61,71)(H,62,77)(H,67,68)(H,69,70)(H,79,80)/t27-,28+,30-,31-,32-,33-,34-,35-,36-,41-,42-/m0/s1. The van der Waals surface area contributed by atoms with E-state index in [9.17, 15) is 87.9 Å². The molecule has 18 N–H and O–H groups in total. The van der Waals surface area contributed by atoms with Gasteiger partial charge in [0.15, 0.2) is 0 Å². The molecule has 0 radical (unpaired) electrons. The fourth-order valence-corrected chi connectivity index (χ4v) is 7.69. The maximum absolute atomic E-state index is 13.9. The van der Waals surface area contributed by atoms with Crippen LogP contribution in [0.4, 0.5) is 0 Å². The molecule has 0 saturated carbocycles. The number of aliphatic hydroxyl groups excluding tert-OH is 2. The van der Waals surface area contributed by atoms with Crippen LogP contribution in [-0.2, 0) is 68.7 Å². The van der Waals surface area contributed by atoms with Crippen molar-refractivity contribution >= 4 is 77.0 Å². The minimum atomic E-state index is -1.88. The van der Waals surface area contributed by atoms with Crippen molar-refractivity contribution in [2.24, 2.45) is 29.2 Å². The lowest BCUT2D eigenvalue weighted by atomic mass is 9.96. The van der Waals surface area contributed by atoms with Crippen LogP contribution < -0.4 is 59.3 Å². The van der Waals surface area contributed by atoms with Crippen LogP contribution in [0.3, 0.4) is 0 Å². The number of carbonyl (C=O) groups is 13. The second-order valence-corrected chi connectivity index (χ2v) is 20.2. The van der Waals surface area contributed by atoms with Gasteiger partial charge in [-0.1, -0.05) is 78.3 Å². The largest absolute Gasteiger partial charge is 0.481 e. The normalized spacial score (nSPS) is 15.2. The highest BCUT2D eigenvalue weighted by Gasteiger charge is 2.37. The van der Waals surface area contributed by atoms with Crippen LogP contribution in [0, 0.1) is 17.8 Å². The fraction of sp³-hybridized carbons (Fsp3) is 0.627. The van der Waals surface area contributed by atoms with Crippen LogP contribution in [0.25, 0.3) is 0 Å². The summed E-state index contributed by atoms with van der Waals surface area (Å²) >= 11 is 0. The summed E-state index contributed by atoms with van der Waals surface area (Å²) in [5, 5.41) is 70.3. The summed E-state index contributed by atoms with van der Waals surface area (Å²) < 4.78 is 0. The highest BCUT2D eigenvalue weighted by atomic mass is 16.4. The average molecular weight is 1140 g/mol. The molecule has 448 valence electrons. The molecular weight excluding hydrogens is 1050 g/mol. The molecule has 29 heteroatoms. The molecule has 0 heterocycles. The summed E-state index contributed by atoms with van der Waals surface area (Å²) in [4.78, 5) is 168. The maximum Gasteiger partial charge on any atom is 0.326 e. The number of carbonyl (C=O) groups excluding carboxylic acids is 10. The summed E-state index contributed by atoms with van der Waals surface area (Å²) in [6.45, 7) is 9.60. The van der Waals surface area contributed by atoms with Crippen molar-refractivity contribution in [2.45, 2.75) is 173 Å². The average Bonchev–Trinajstić information content (AvgIpc) is 3.37. The molecule has 0 saturated heterocycles. The first kappa shape index (κ1) is 70.2. The lowest BCUT2D eigenvalue weighted by molar-refractivity contribution is -0.142. The first-order chi connectivity index (χ1) is 37.4. The molecule has 29 nitrogen and oxygen atoms in total. The van der Waals surface area contributed by atoms with E-state index in [1.54, 1.807) is 58.0 Å². The number of nitrogens with two attached hydrogens (primary N) is 2. The van der Waals surface area contributed by atoms with Crippen molar-refractivity contribution in [1.29, 1.82) is 0 Å². The van der Waals surface area contributed by atoms with E-state index >= 15 is 0 Å². The molecule has 0 spiro atoms. The number of amides is 10. The minimum absolute atomic E-state index is 0.0593. The second-order valence-electron chi connectivity index (χ2n) is 20.2. The maximum atomic E-state index is 13.9. The predicted molar refractivity (Wildman–Crippen MR) is 284 cm³/mol. The summed E-state index contributed by atoms with van der Waals surface area (Å²) in [6, 6.07) is -5.73. The number of hydrogen-bond acceptors (Lipinski definition) is 16. The Hall–Kier alpha value is -7.79. The molecule has 80 heavy (non-hydrogen) atoms. The Morgan fingerprint density at radius 3 is 1.45 bits per heavy atom. The summed E-state index contributed by atoms with van der Waals surface area (Å²) in [7, 11) is 0. The Balaban J connectivity index is 3.30. The van der Waals surface area contributed by atoms with Crippen LogP contribution in [0.1, 0.15) is 112 Å². The zero-order chi connectivity index (χ0) is 61.0. The van der Waals surface area contributed by atoms with E-state index in [0.29, 0.717) is 18.4 Å². The van der Waals surface area contributed by atoms with Crippen molar-refractivity contribution in [2.75, 3.05) is 13.2 Å². The van der Waals surface area contributed by atoms with E-state index in [4.69, 9.17) is 11.5 Å². The summed E-state index contributed by atoms with van der Waals surface area (Å²) in [5.41, 5.74) is 11.7. The molecule has 0 aliphatic heterocycles. The molecule has 1 aromatic carbocycles. The first-order valence-corrected chi connectivity index (χ1v) is 26.1. The molecular formula is C51H81N11O18. The number of aliphatic carboxylic acids is 3. The number of rotatable bonds is 38. The van der Waals surface area contributed by atoms with Gasteiger partial charge in [0.05, 0.1) is 25.3 Å².